The number of alkyl halides is 3. The van der Waals surface area contributed by atoms with Crippen LogP contribution in [0.4, 0.5) is 13.2 Å². The minimum absolute atomic E-state index is 0.0971. The molecule has 112 valence electrons. The highest BCUT2D eigenvalue weighted by Gasteiger charge is 2.30. The van der Waals surface area contributed by atoms with Crippen LogP contribution in [0.5, 0.6) is 0 Å². The van der Waals surface area contributed by atoms with Crippen LogP contribution in [0.25, 0.3) is 0 Å². The zero-order chi connectivity index (χ0) is 15.2. The van der Waals surface area contributed by atoms with Gasteiger partial charge in [0.25, 0.3) is 0 Å². The Bertz CT molecular complexity index is 429. The molecule has 6 heteroatoms. The minimum Gasteiger partial charge on any atom is -0.355 e. The van der Waals surface area contributed by atoms with Crippen molar-refractivity contribution in [3.05, 3.63) is 35.4 Å². The van der Waals surface area contributed by atoms with Crippen molar-refractivity contribution in [1.82, 2.24) is 10.6 Å². The van der Waals surface area contributed by atoms with E-state index in [-0.39, 0.29) is 11.8 Å². The molecule has 0 spiro atoms. The molecular formula is C14H19F3N2O. The van der Waals surface area contributed by atoms with Crippen LogP contribution in [-0.4, -0.2) is 26.0 Å². The van der Waals surface area contributed by atoms with Gasteiger partial charge in [0.05, 0.1) is 5.56 Å². The van der Waals surface area contributed by atoms with Crippen molar-refractivity contribution in [2.45, 2.75) is 19.5 Å². The van der Waals surface area contributed by atoms with E-state index >= 15 is 0 Å². The highest BCUT2D eigenvalue weighted by Crippen LogP contribution is 2.29. The summed E-state index contributed by atoms with van der Waals surface area (Å²) in [4.78, 5) is 11.7. The standard InChI is InChI=1S/C14H19F3N2O/c1-10(13(20)19-8-7-18-2)9-11-3-5-12(6-4-11)14(15,16)17/h3-6,10,18H,7-9H2,1-2H3,(H,19,20). The van der Waals surface area contributed by atoms with Crippen LogP contribution in [0.2, 0.25) is 0 Å². The Morgan fingerprint density at radius 3 is 2.30 bits per heavy atom. The topological polar surface area (TPSA) is 41.1 Å². The molecule has 0 saturated heterocycles. The van der Waals surface area contributed by atoms with E-state index in [1.165, 1.54) is 12.1 Å². The molecule has 1 rings (SSSR count). The molecule has 0 aliphatic rings. The third kappa shape index (κ3) is 5.21. The third-order valence-corrected chi connectivity index (χ3v) is 2.94. The Balaban J connectivity index is 2.53. The van der Waals surface area contributed by atoms with Gasteiger partial charge >= 0.3 is 6.18 Å². The number of likely N-dealkylation sites (N-methyl/N-ethyl adjacent to an activating group) is 1. The zero-order valence-electron chi connectivity index (χ0n) is 11.6. The van der Waals surface area contributed by atoms with Crippen LogP contribution in [-0.2, 0) is 17.4 Å². The van der Waals surface area contributed by atoms with Crippen molar-refractivity contribution in [3.8, 4) is 0 Å². The average Bonchev–Trinajstić information content (AvgIpc) is 2.38. The summed E-state index contributed by atoms with van der Waals surface area (Å²) in [6, 6.07) is 4.92. The number of nitrogens with one attached hydrogen (secondary N) is 2. The molecule has 0 fully saturated rings. The molecule has 0 heterocycles. The molecule has 0 aromatic heterocycles. The summed E-state index contributed by atoms with van der Waals surface area (Å²) in [6.07, 6.45) is -3.90. The lowest BCUT2D eigenvalue weighted by molar-refractivity contribution is -0.137. The molecular weight excluding hydrogens is 269 g/mol. The van der Waals surface area contributed by atoms with Gasteiger partial charge in [-0.25, -0.2) is 0 Å². The SMILES string of the molecule is CNCCNC(=O)C(C)Cc1ccc(C(F)(F)F)cc1. The summed E-state index contributed by atoms with van der Waals surface area (Å²) in [5, 5.41) is 5.67. The summed E-state index contributed by atoms with van der Waals surface area (Å²) in [5.74, 6) is -0.372. The molecule has 0 saturated carbocycles. The summed E-state index contributed by atoms with van der Waals surface area (Å²) in [7, 11) is 1.79. The highest BCUT2D eigenvalue weighted by atomic mass is 19.4. The van der Waals surface area contributed by atoms with E-state index in [4.69, 9.17) is 0 Å². The number of carbonyl (C=O) groups excluding carboxylic acids is 1. The van der Waals surface area contributed by atoms with Crippen molar-refractivity contribution < 1.29 is 18.0 Å². The first-order valence-electron chi connectivity index (χ1n) is 6.43. The van der Waals surface area contributed by atoms with Crippen LogP contribution in [0.1, 0.15) is 18.1 Å². The fourth-order valence-corrected chi connectivity index (χ4v) is 1.76. The minimum atomic E-state index is -4.32. The van der Waals surface area contributed by atoms with Crippen LogP contribution >= 0.6 is 0 Å². The number of carbonyl (C=O) groups is 1. The van der Waals surface area contributed by atoms with E-state index in [1.54, 1.807) is 14.0 Å². The lowest BCUT2D eigenvalue weighted by Gasteiger charge is -2.13. The number of rotatable bonds is 6. The molecule has 20 heavy (non-hydrogen) atoms. The average molecular weight is 288 g/mol. The number of halogens is 3. The van der Waals surface area contributed by atoms with Crippen LogP contribution in [0.15, 0.2) is 24.3 Å². The van der Waals surface area contributed by atoms with E-state index in [9.17, 15) is 18.0 Å². The first-order valence-corrected chi connectivity index (χ1v) is 6.43. The second-order valence-corrected chi connectivity index (χ2v) is 4.69. The summed E-state index contributed by atoms with van der Waals surface area (Å²) >= 11 is 0. The quantitative estimate of drug-likeness (QED) is 0.788. The number of benzene rings is 1. The Labute approximate surface area is 116 Å². The Kier molecular flexibility index (Phi) is 6.01. The maximum Gasteiger partial charge on any atom is 0.416 e. The molecule has 0 bridgehead atoms. The predicted octanol–water partition coefficient (Wildman–Crippen LogP) is 2.22. The molecule has 0 aliphatic heterocycles. The fourth-order valence-electron chi connectivity index (χ4n) is 1.76. The van der Waals surface area contributed by atoms with E-state index < -0.39 is 11.7 Å². The van der Waals surface area contributed by atoms with Crippen LogP contribution in [0, 0.1) is 5.92 Å². The zero-order valence-corrected chi connectivity index (χ0v) is 11.6. The van der Waals surface area contributed by atoms with Crippen molar-refractivity contribution >= 4 is 5.91 Å². The maximum absolute atomic E-state index is 12.4. The predicted molar refractivity (Wildman–Crippen MR) is 71.2 cm³/mol. The summed E-state index contributed by atoms with van der Waals surface area (Å²) in [5.41, 5.74) is 0.0432. The molecule has 1 unspecified atom stereocenters. The van der Waals surface area contributed by atoms with Gasteiger partial charge in [-0.3, -0.25) is 4.79 Å². The lowest BCUT2D eigenvalue weighted by atomic mass is 9.99. The van der Waals surface area contributed by atoms with E-state index in [2.05, 4.69) is 10.6 Å². The van der Waals surface area contributed by atoms with E-state index in [0.717, 1.165) is 12.1 Å². The van der Waals surface area contributed by atoms with Crippen molar-refractivity contribution in [3.63, 3.8) is 0 Å². The van der Waals surface area contributed by atoms with Gasteiger partial charge in [0.1, 0.15) is 0 Å². The van der Waals surface area contributed by atoms with Gasteiger partial charge < -0.3 is 10.6 Å². The van der Waals surface area contributed by atoms with Crippen molar-refractivity contribution in [1.29, 1.82) is 0 Å². The van der Waals surface area contributed by atoms with E-state index in [0.29, 0.717) is 25.1 Å². The Hall–Kier alpha value is -1.56. The molecule has 0 radical (unpaired) electrons. The Morgan fingerprint density at radius 2 is 1.80 bits per heavy atom. The number of amides is 1. The second-order valence-electron chi connectivity index (χ2n) is 4.69. The lowest BCUT2D eigenvalue weighted by Crippen LogP contribution is -2.34. The summed E-state index contributed by atoms with van der Waals surface area (Å²) in [6.45, 7) is 2.97. The number of hydrogen-bond donors (Lipinski definition) is 2. The normalized spacial score (nSPS) is 13.1. The first kappa shape index (κ1) is 16.5. The van der Waals surface area contributed by atoms with Gasteiger partial charge in [-0.05, 0) is 31.2 Å². The van der Waals surface area contributed by atoms with Gasteiger partial charge in [0.15, 0.2) is 0 Å². The molecule has 1 atom stereocenters. The number of hydrogen-bond acceptors (Lipinski definition) is 2. The van der Waals surface area contributed by atoms with Gasteiger partial charge in [-0.15, -0.1) is 0 Å². The second kappa shape index (κ2) is 7.28. The fraction of sp³-hybridized carbons (Fsp3) is 0.500. The Morgan fingerprint density at radius 1 is 1.20 bits per heavy atom. The van der Waals surface area contributed by atoms with Gasteiger partial charge in [0.2, 0.25) is 5.91 Å². The summed E-state index contributed by atoms with van der Waals surface area (Å²) < 4.78 is 37.2. The van der Waals surface area contributed by atoms with Gasteiger partial charge in [-0.1, -0.05) is 19.1 Å². The van der Waals surface area contributed by atoms with Crippen molar-refractivity contribution in [2.75, 3.05) is 20.1 Å². The first-order chi connectivity index (χ1) is 9.34. The third-order valence-electron chi connectivity index (χ3n) is 2.94. The molecule has 2 N–H and O–H groups in total. The van der Waals surface area contributed by atoms with Gasteiger partial charge in [-0.2, -0.15) is 13.2 Å². The molecule has 0 aliphatic carbocycles. The smallest absolute Gasteiger partial charge is 0.355 e. The largest absolute Gasteiger partial charge is 0.416 e. The van der Waals surface area contributed by atoms with E-state index in [1.807, 2.05) is 0 Å². The highest BCUT2D eigenvalue weighted by molar-refractivity contribution is 5.78. The molecule has 1 aromatic rings. The monoisotopic (exact) mass is 288 g/mol. The molecule has 1 amide bonds. The molecule has 3 nitrogen and oxygen atoms in total. The molecule has 1 aromatic carbocycles. The van der Waals surface area contributed by atoms with Gasteiger partial charge in [0, 0.05) is 19.0 Å². The van der Waals surface area contributed by atoms with Crippen LogP contribution in [0.3, 0.4) is 0 Å². The van der Waals surface area contributed by atoms with Crippen LogP contribution < -0.4 is 10.6 Å². The maximum atomic E-state index is 12.4. The van der Waals surface area contributed by atoms with Crippen molar-refractivity contribution in [2.24, 2.45) is 5.92 Å².